The van der Waals surface area contributed by atoms with Crippen LogP contribution >= 0.6 is 39.7 Å². The molecule has 2 N–H and O–H groups in total. The van der Waals surface area contributed by atoms with E-state index in [1.807, 2.05) is 0 Å². The summed E-state index contributed by atoms with van der Waals surface area (Å²) in [7, 11) is 1.59. The van der Waals surface area contributed by atoms with Crippen LogP contribution in [0.1, 0.15) is 10.4 Å². The number of benzene rings is 2. The monoisotopic (exact) mass is 460 g/mol. The Morgan fingerprint density at radius 1 is 1.27 bits per heavy atom. The van der Waals surface area contributed by atoms with Gasteiger partial charge in [-0.05, 0) is 64.5 Å². The summed E-state index contributed by atoms with van der Waals surface area (Å²) in [5.74, 6) is -0.343. The Balaban J connectivity index is 1.96. The Labute approximate surface area is 168 Å². The van der Waals surface area contributed by atoms with E-state index in [2.05, 4.69) is 26.6 Å². The highest BCUT2D eigenvalue weighted by molar-refractivity contribution is 9.10. The number of carbonyl (C=O) groups excluding carboxylic acids is 1. The second-order valence-corrected chi connectivity index (χ2v) is 6.69. The summed E-state index contributed by atoms with van der Waals surface area (Å²) in [4.78, 5) is 12.3. The van der Waals surface area contributed by atoms with E-state index >= 15 is 0 Å². The average molecular weight is 462 g/mol. The van der Waals surface area contributed by atoms with Crippen LogP contribution < -0.4 is 15.4 Å². The van der Waals surface area contributed by atoms with Crippen LogP contribution in [0.2, 0.25) is 5.02 Å². The molecule has 0 spiro atoms. The Hall–Kier alpha value is -1.74. The Bertz CT molecular complexity index is 823. The highest BCUT2D eigenvalue weighted by Crippen LogP contribution is 2.26. The van der Waals surface area contributed by atoms with Gasteiger partial charge in [0, 0.05) is 18.4 Å². The lowest BCUT2D eigenvalue weighted by molar-refractivity contribution is 0.0977. The fourth-order valence-electron chi connectivity index (χ4n) is 1.91. The molecule has 2 rings (SSSR count). The average Bonchev–Trinajstić information content (AvgIpc) is 2.59. The molecule has 2 aromatic rings. The van der Waals surface area contributed by atoms with Gasteiger partial charge < -0.3 is 14.8 Å². The van der Waals surface area contributed by atoms with E-state index in [1.165, 1.54) is 18.2 Å². The zero-order chi connectivity index (χ0) is 19.1. The highest BCUT2D eigenvalue weighted by atomic mass is 79.9. The number of carbonyl (C=O) groups is 1. The van der Waals surface area contributed by atoms with Crippen LogP contribution in [0.25, 0.3) is 0 Å². The van der Waals surface area contributed by atoms with Gasteiger partial charge in [0.15, 0.2) is 5.11 Å². The SMILES string of the molecule is COCCOc1ccc(C(=O)NC(=S)Nc2ccc(F)c(Cl)c2)cc1Br. The van der Waals surface area contributed by atoms with Gasteiger partial charge in [0.05, 0.1) is 16.1 Å². The number of hydrogen-bond acceptors (Lipinski definition) is 4. The molecule has 0 heterocycles. The second kappa shape index (κ2) is 9.82. The van der Waals surface area contributed by atoms with Gasteiger partial charge in [-0.15, -0.1) is 0 Å². The fourth-order valence-corrected chi connectivity index (χ4v) is 2.79. The summed E-state index contributed by atoms with van der Waals surface area (Å²) in [6.45, 7) is 0.858. The summed E-state index contributed by atoms with van der Waals surface area (Å²) in [6.07, 6.45) is 0. The van der Waals surface area contributed by atoms with E-state index in [0.29, 0.717) is 34.7 Å². The summed E-state index contributed by atoms with van der Waals surface area (Å²) >= 11 is 14.2. The van der Waals surface area contributed by atoms with Crippen LogP contribution in [-0.4, -0.2) is 31.3 Å². The molecule has 0 bridgehead atoms. The van der Waals surface area contributed by atoms with Crippen molar-refractivity contribution in [2.24, 2.45) is 0 Å². The van der Waals surface area contributed by atoms with Crippen molar-refractivity contribution in [2.75, 3.05) is 25.6 Å². The third-order valence-electron chi connectivity index (χ3n) is 3.14. The number of nitrogens with one attached hydrogen (secondary N) is 2. The number of amides is 1. The third-order valence-corrected chi connectivity index (χ3v) is 4.26. The molecule has 2 aromatic carbocycles. The van der Waals surface area contributed by atoms with Crippen LogP contribution in [0, 0.1) is 5.82 Å². The quantitative estimate of drug-likeness (QED) is 0.493. The van der Waals surface area contributed by atoms with Gasteiger partial charge >= 0.3 is 0 Å². The number of ether oxygens (including phenoxy) is 2. The lowest BCUT2D eigenvalue weighted by Gasteiger charge is -2.12. The van der Waals surface area contributed by atoms with E-state index in [1.54, 1.807) is 25.3 Å². The van der Waals surface area contributed by atoms with E-state index in [9.17, 15) is 9.18 Å². The molecule has 0 aliphatic heterocycles. The first-order valence-electron chi connectivity index (χ1n) is 7.39. The first-order valence-corrected chi connectivity index (χ1v) is 8.97. The molecule has 26 heavy (non-hydrogen) atoms. The van der Waals surface area contributed by atoms with E-state index in [0.717, 1.165) is 0 Å². The number of anilines is 1. The summed E-state index contributed by atoms with van der Waals surface area (Å²) in [5.41, 5.74) is 0.849. The summed E-state index contributed by atoms with van der Waals surface area (Å²) in [6, 6.07) is 8.94. The van der Waals surface area contributed by atoms with Crippen molar-refractivity contribution < 1.29 is 18.7 Å². The number of hydrogen-bond donors (Lipinski definition) is 2. The van der Waals surface area contributed by atoms with Gasteiger partial charge in [0.25, 0.3) is 5.91 Å². The molecule has 0 saturated heterocycles. The fraction of sp³-hybridized carbons (Fsp3) is 0.176. The minimum absolute atomic E-state index is 0.0443. The molecule has 1 amide bonds. The zero-order valence-electron chi connectivity index (χ0n) is 13.6. The molecule has 0 saturated carbocycles. The van der Waals surface area contributed by atoms with Crippen molar-refractivity contribution in [3.8, 4) is 5.75 Å². The Morgan fingerprint density at radius 2 is 2.04 bits per heavy atom. The standard InChI is InChI=1S/C17H15BrClFN2O3S/c1-24-6-7-25-15-5-2-10(8-12(15)18)16(23)22-17(26)21-11-3-4-14(20)13(19)9-11/h2-5,8-9H,6-7H2,1H3,(H2,21,22,23,26). The minimum atomic E-state index is -0.537. The molecule has 0 radical (unpaired) electrons. The molecular weight excluding hydrogens is 447 g/mol. The van der Waals surface area contributed by atoms with Crippen LogP contribution in [0.3, 0.4) is 0 Å². The molecule has 0 aliphatic carbocycles. The van der Waals surface area contributed by atoms with Crippen molar-refractivity contribution >= 4 is 56.5 Å². The molecule has 0 aromatic heterocycles. The van der Waals surface area contributed by atoms with Crippen LogP contribution in [0.15, 0.2) is 40.9 Å². The topological polar surface area (TPSA) is 59.6 Å². The molecule has 9 heteroatoms. The largest absolute Gasteiger partial charge is 0.490 e. The van der Waals surface area contributed by atoms with E-state index in [-0.39, 0.29) is 10.1 Å². The first-order chi connectivity index (χ1) is 12.4. The molecule has 0 aliphatic rings. The second-order valence-electron chi connectivity index (χ2n) is 5.02. The van der Waals surface area contributed by atoms with Crippen molar-refractivity contribution in [3.05, 3.63) is 57.3 Å². The van der Waals surface area contributed by atoms with Crippen LogP contribution in [-0.2, 0) is 4.74 Å². The number of methoxy groups -OCH3 is 1. The summed E-state index contributed by atoms with van der Waals surface area (Å²) in [5, 5.41) is 5.33. The lowest BCUT2D eigenvalue weighted by Crippen LogP contribution is -2.34. The smallest absolute Gasteiger partial charge is 0.257 e. The maximum Gasteiger partial charge on any atom is 0.257 e. The van der Waals surface area contributed by atoms with Crippen molar-refractivity contribution in [1.82, 2.24) is 5.32 Å². The Kier molecular flexibility index (Phi) is 7.77. The lowest BCUT2D eigenvalue weighted by atomic mass is 10.2. The van der Waals surface area contributed by atoms with E-state index < -0.39 is 11.7 Å². The van der Waals surface area contributed by atoms with Gasteiger partial charge in [-0.3, -0.25) is 10.1 Å². The minimum Gasteiger partial charge on any atom is -0.490 e. The van der Waals surface area contributed by atoms with Gasteiger partial charge in [0.2, 0.25) is 0 Å². The van der Waals surface area contributed by atoms with Crippen LogP contribution in [0.5, 0.6) is 5.75 Å². The van der Waals surface area contributed by atoms with Gasteiger partial charge in [-0.2, -0.15) is 0 Å². The predicted molar refractivity (Wildman–Crippen MR) is 107 cm³/mol. The molecule has 0 unspecified atom stereocenters. The predicted octanol–water partition coefficient (Wildman–Crippen LogP) is 4.39. The molecule has 0 fully saturated rings. The van der Waals surface area contributed by atoms with Gasteiger partial charge in [-0.1, -0.05) is 11.6 Å². The maximum atomic E-state index is 13.2. The van der Waals surface area contributed by atoms with Crippen molar-refractivity contribution in [2.45, 2.75) is 0 Å². The Morgan fingerprint density at radius 3 is 2.69 bits per heavy atom. The third kappa shape index (κ3) is 5.91. The van der Waals surface area contributed by atoms with Crippen molar-refractivity contribution in [1.29, 1.82) is 0 Å². The van der Waals surface area contributed by atoms with Crippen LogP contribution in [0.4, 0.5) is 10.1 Å². The van der Waals surface area contributed by atoms with Gasteiger partial charge in [-0.25, -0.2) is 4.39 Å². The maximum absolute atomic E-state index is 13.2. The van der Waals surface area contributed by atoms with Gasteiger partial charge in [0.1, 0.15) is 18.2 Å². The molecular formula is C17H15BrClFN2O3S. The summed E-state index contributed by atoms with van der Waals surface area (Å²) < 4.78 is 24.2. The zero-order valence-corrected chi connectivity index (χ0v) is 16.8. The number of halogens is 3. The molecule has 138 valence electrons. The van der Waals surface area contributed by atoms with Crippen molar-refractivity contribution in [3.63, 3.8) is 0 Å². The molecule has 0 atom stereocenters. The molecule has 5 nitrogen and oxygen atoms in total. The highest BCUT2D eigenvalue weighted by Gasteiger charge is 2.11. The number of thiocarbonyl (C=S) groups is 1. The first kappa shape index (κ1) is 20.6. The number of rotatable bonds is 6. The van der Waals surface area contributed by atoms with E-state index in [4.69, 9.17) is 33.3 Å². The normalized spacial score (nSPS) is 10.3.